The van der Waals surface area contributed by atoms with Crippen molar-refractivity contribution >= 4 is 29.0 Å². The van der Waals surface area contributed by atoms with E-state index in [2.05, 4.69) is 30.9 Å². The van der Waals surface area contributed by atoms with Crippen molar-refractivity contribution in [3.63, 3.8) is 0 Å². The number of hydroxylamine groups is 2. The number of amides is 2. The lowest BCUT2D eigenvalue weighted by atomic mass is 10.1. The van der Waals surface area contributed by atoms with Crippen LogP contribution < -0.4 is 16.0 Å². The number of halogens is 1. The average molecular weight is 500 g/mol. The molecule has 1 fully saturated rings. The highest BCUT2D eigenvalue weighted by molar-refractivity contribution is 5.90. The topological polar surface area (TPSA) is 104 Å². The van der Waals surface area contributed by atoms with Crippen molar-refractivity contribution in [2.75, 3.05) is 29.6 Å². The van der Waals surface area contributed by atoms with Gasteiger partial charge in [-0.25, -0.2) is 24.1 Å². The van der Waals surface area contributed by atoms with Crippen LogP contribution in [0.4, 0.5) is 32.2 Å². The minimum Gasteiger partial charge on any atom is -0.373 e. The van der Waals surface area contributed by atoms with Crippen LogP contribution in [0, 0.1) is 12.7 Å². The van der Waals surface area contributed by atoms with E-state index in [1.165, 1.54) is 17.5 Å². The van der Waals surface area contributed by atoms with Crippen LogP contribution in [-0.4, -0.2) is 39.7 Å². The first-order valence-corrected chi connectivity index (χ1v) is 11.8. The summed E-state index contributed by atoms with van der Waals surface area (Å²) in [7, 11) is 1.78. The van der Waals surface area contributed by atoms with Crippen molar-refractivity contribution in [1.82, 2.24) is 20.0 Å². The zero-order chi connectivity index (χ0) is 25.8. The van der Waals surface area contributed by atoms with Crippen molar-refractivity contribution in [1.29, 1.82) is 0 Å². The molecule has 2 aromatic heterocycles. The Morgan fingerprint density at radius 1 is 1.05 bits per heavy atom. The summed E-state index contributed by atoms with van der Waals surface area (Å²) in [6, 6.07) is 17.2. The average Bonchev–Trinajstić information content (AvgIpc) is 3.42. The fraction of sp³-hybridized carbons (Fsp3) is 0.185. The zero-order valence-electron chi connectivity index (χ0n) is 20.4. The summed E-state index contributed by atoms with van der Waals surface area (Å²) in [4.78, 5) is 31.6. The number of nitrogens with one attached hydrogen (secondary N) is 3. The maximum atomic E-state index is 14.9. The maximum Gasteiger partial charge on any atom is 0.346 e. The van der Waals surface area contributed by atoms with E-state index < -0.39 is 11.8 Å². The van der Waals surface area contributed by atoms with Crippen LogP contribution in [-0.2, 0) is 4.84 Å². The summed E-state index contributed by atoms with van der Waals surface area (Å²) in [5.41, 5.74) is 3.62. The number of hydrogen-bond acceptors (Lipinski definition) is 7. The minimum atomic E-state index is -0.553. The Hall–Kier alpha value is -4.57. The molecule has 5 rings (SSSR count). The number of hydrogen-bond donors (Lipinski definition) is 3. The number of urea groups is 1. The van der Waals surface area contributed by atoms with Gasteiger partial charge in [0.05, 0.1) is 24.0 Å². The first kappa shape index (κ1) is 24.1. The van der Waals surface area contributed by atoms with E-state index in [4.69, 9.17) is 4.84 Å². The summed E-state index contributed by atoms with van der Waals surface area (Å²) < 4.78 is 14.9. The molecule has 4 aromatic rings. The summed E-state index contributed by atoms with van der Waals surface area (Å²) >= 11 is 0. The standard InChI is InChI=1S/C27H26FN7O2/c1-17-13-20(28)23(34-27(36)35-24(10-12-37-35)18-7-4-3-5-8-18)14-21(17)33-26-19(9-6-11-30-26)22-15-25(29-2)32-16-31-22/h3-9,11,13-16,24H,10,12H2,1-2H3,(H,30,33)(H,34,36)(H,29,31,32)/t24-/m1/s1. The lowest BCUT2D eigenvalue weighted by molar-refractivity contribution is -0.0830. The molecule has 0 bridgehead atoms. The molecule has 3 heterocycles. The van der Waals surface area contributed by atoms with Gasteiger partial charge in [0.25, 0.3) is 0 Å². The molecule has 0 saturated carbocycles. The summed E-state index contributed by atoms with van der Waals surface area (Å²) in [5, 5.41) is 10.2. The Morgan fingerprint density at radius 3 is 2.70 bits per heavy atom. The fourth-order valence-corrected chi connectivity index (χ4v) is 4.20. The van der Waals surface area contributed by atoms with Gasteiger partial charge in [0.2, 0.25) is 0 Å². The van der Waals surface area contributed by atoms with Gasteiger partial charge in [0.1, 0.15) is 23.8 Å². The number of carbonyl (C=O) groups is 1. The lowest BCUT2D eigenvalue weighted by Gasteiger charge is -2.23. The van der Waals surface area contributed by atoms with Crippen molar-refractivity contribution in [2.24, 2.45) is 0 Å². The number of pyridine rings is 1. The van der Waals surface area contributed by atoms with Crippen LogP contribution in [0.2, 0.25) is 0 Å². The van der Waals surface area contributed by atoms with Gasteiger partial charge in [0.15, 0.2) is 0 Å². The van der Waals surface area contributed by atoms with E-state index >= 15 is 0 Å². The molecule has 2 amide bonds. The van der Waals surface area contributed by atoms with E-state index in [1.807, 2.05) is 48.5 Å². The van der Waals surface area contributed by atoms with E-state index in [9.17, 15) is 9.18 Å². The molecule has 0 spiro atoms. The molecule has 1 aliphatic rings. The third-order valence-corrected chi connectivity index (χ3v) is 6.10. The third-order valence-electron chi connectivity index (χ3n) is 6.10. The van der Waals surface area contributed by atoms with Gasteiger partial charge in [-0.2, -0.15) is 5.06 Å². The Morgan fingerprint density at radius 2 is 1.89 bits per heavy atom. The summed E-state index contributed by atoms with van der Waals surface area (Å²) in [5.74, 6) is 0.644. The van der Waals surface area contributed by atoms with Crippen LogP contribution in [0.25, 0.3) is 11.3 Å². The molecule has 37 heavy (non-hydrogen) atoms. The molecule has 0 unspecified atom stereocenters. The highest BCUT2D eigenvalue weighted by Crippen LogP contribution is 2.33. The largest absolute Gasteiger partial charge is 0.373 e. The molecular weight excluding hydrogens is 473 g/mol. The second kappa shape index (κ2) is 10.6. The fourth-order valence-electron chi connectivity index (χ4n) is 4.20. The molecule has 10 heteroatoms. The zero-order valence-corrected chi connectivity index (χ0v) is 20.4. The van der Waals surface area contributed by atoms with Gasteiger partial charge >= 0.3 is 6.03 Å². The molecule has 1 saturated heterocycles. The van der Waals surface area contributed by atoms with Gasteiger partial charge in [-0.3, -0.25) is 4.84 Å². The summed E-state index contributed by atoms with van der Waals surface area (Å²) in [6.45, 7) is 2.18. The van der Waals surface area contributed by atoms with Gasteiger partial charge in [-0.05, 0) is 42.3 Å². The molecule has 1 aliphatic heterocycles. The second-order valence-electron chi connectivity index (χ2n) is 8.51. The van der Waals surface area contributed by atoms with Crippen molar-refractivity contribution < 1.29 is 14.0 Å². The Bertz CT molecular complexity index is 1420. The summed E-state index contributed by atoms with van der Waals surface area (Å²) in [6.07, 6.45) is 3.78. The SMILES string of the molecule is CNc1cc(-c2cccnc2Nc2cc(NC(=O)N3OCC[C@@H]3c3ccccc3)c(F)cc2C)ncn1. The molecule has 3 N–H and O–H groups in total. The number of anilines is 4. The normalized spacial score (nSPS) is 14.9. The van der Waals surface area contributed by atoms with Crippen LogP contribution in [0.15, 0.2) is 73.2 Å². The van der Waals surface area contributed by atoms with E-state index in [1.54, 1.807) is 26.2 Å². The predicted molar refractivity (Wildman–Crippen MR) is 140 cm³/mol. The van der Waals surface area contributed by atoms with Crippen LogP contribution in [0.1, 0.15) is 23.6 Å². The van der Waals surface area contributed by atoms with Crippen molar-refractivity contribution in [3.8, 4) is 11.3 Å². The number of benzene rings is 2. The Balaban J connectivity index is 1.40. The molecule has 0 radical (unpaired) electrons. The number of aryl methyl sites for hydroxylation is 1. The third kappa shape index (κ3) is 5.19. The van der Waals surface area contributed by atoms with Crippen molar-refractivity contribution in [3.05, 3.63) is 90.1 Å². The quantitative estimate of drug-likeness (QED) is 0.313. The highest BCUT2D eigenvalue weighted by atomic mass is 19.1. The monoisotopic (exact) mass is 499 g/mol. The smallest absolute Gasteiger partial charge is 0.346 e. The van der Waals surface area contributed by atoms with Crippen LogP contribution in [0.5, 0.6) is 0 Å². The molecule has 2 aromatic carbocycles. The van der Waals surface area contributed by atoms with Gasteiger partial charge in [-0.15, -0.1) is 0 Å². The Kier molecular flexibility index (Phi) is 6.91. The molecule has 0 aliphatic carbocycles. The van der Waals surface area contributed by atoms with Gasteiger partial charge < -0.3 is 16.0 Å². The highest BCUT2D eigenvalue weighted by Gasteiger charge is 2.32. The Labute approximate surface area is 213 Å². The number of rotatable bonds is 6. The lowest BCUT2D eigenvalue weighted by Crippen LogP contribution is -2.33. The molecule has 1 atom stereocenters. The first-order chi connectivity index (χ1) is 18.0. The van der Waals surface area contributed by atoms with Crippen LogP contribution >= 0.6 is 0 Å². The molecule has 9 nitrogen and oxygen atoms in total. The first-order valence-electron chi connectivity index (χ1n) is 11.8. The number of nitrogens with zero attached hydrogens (tertiary/aromatic N) is 4. The number of carbonyl (C=O) groups excluding carboxylic acids is 1. The van der Waals surface area contributed by atoms with Gasteiger partial charge in [0, 0.05) is 37.0 Å². The van der Waals surface area contributed by atoms with E-state index in [0.29, 0.717) is 41.6 Å². The maximum absolute atomic E-state index is 14.9. The molecular formula is C27H26FN7O2. The van der Waals surface area contributed by atoms with Gasteiger partial charge in [-0.1, -0.05) is 30.3 Å². The predicted octanol–water partition coefficient (Wildman–Crippen LogP) is 5.68. The second-order valence-corrected chi connectivity index (χ2v) is 8.51. The van der Waals surface area contributed by atoms with E-state index in [-0.39, 0.29) is 11.7 Å². The van der Waals surface area contributed by atoms with Crippen molar-refractivity contribution in [2.45, 2.75) is 19.4 Å². The number of aromatic nitrogens is 3. The minimum absolute atomic E-state index is 0.0254. The van der Waals surface area contributed by atoms with E-state index in [0.717, 1.165) is 11.1 Å². The molecule has 188 valence electrons. The van der Waals surface area contributed by atoms with Crippen LogP contribution in [0.3, 0.4) is 0 Å².